The lowest BCUT2D eigenvalue weighted by Gasteiger charge is -2.42. The third kappa shape index (κ3) is 2.23. The van der Waals surface area contributed by atoms with Crippen molar-refractivity contribution in [1.29, 1.82) is 0 Å². The van der Waals surface area contributed by atoms with Gasteiger partial charge in [-0.05, 0) is 36.0 Å². The predicted molar refractivity (Wildman–Crippen MR) is 72.8 cm³/mol. The third-order valence-corrected chi connectivity index (χ3v) is 5.44. The summed E-state index contributed by atoms with van der Waals surface area (Å²) >= 11 is 3.33. The number of hydrogen-bond donors (Lipinski definition) is 0. The molecule has 0 aliphatic heterocycles. The molecule has 1 unspecified atom stereocenters. The van der Waals surface area contributed by atoms with Gasteiger partial charge in [-0.25, -0.2) is 0 Å². The number of Topliss-reactive ketones (excluding diaryl/α,β-unsaturated/α-hetero) is 1. The van der Waals surface area contributed by atoms with Crippen LogP contribution in [0.5, 0.6) is 0 Å². The molecule has 1 aliphatic carbocycles. The van der Waals surface area contributed by atoms with Crippen LogP contribution >= 0.6 is 15.9 Å². The molecule has 0 saturated heterocycles. The average Bonchev–Trinajstić information content (AvgIpc) is 2.56. The Morgan fingerprint density at radius 3 is 2.25 bits per heavy atom. The molecule has 1 saturated carbocycles. The molecule has 1 nitrogen and oxygen atoms in total. The highest BCUT2D eigenvalue weighted by atomic mass is 79.9. The summed E-state index contributed by atoms with van der Waals surface area (Å²) in [6, 6.07) is 0. The van der Waals surface area contributed by atoms with E-state index in [-0.39, 0.29) is 11.3 Å². The first-order valence-corrected chi connectivity index (χ1v) is 7.56. The number of alkyl halides is 1. The summed E-state index contributed by atoms with van der Waals surface area (Å²) in [4.78, 5) is 12.1. The Balaban J connectivity index is 3.02. The van der Waals surface area contributed by atoms with Gasteiger partial charge in [0.15, 0.2) is 0 Å². The number of ketones is 1. The average molecular weight is 289 g/mol. The summed E-state index contributed by atoms with van der Waals surface area (Å²) in [7, 11) is 0. The van der Waals surface area contributed by atoms with Crippen LogP contribution in [-0.4, -0.2) is 11.1 Å². The fourth-order valence-corrected chi connectivity index (χ4v) is 4.10. The largest absolute Gasteiger partial charge is 0.298 e. The first kappa shape index (κ1) is 14.2. The van der Waals surface area contributed by atoms with Gasteiger partial charge in [0, 0.05) is 5.92 Å². The van der Waals surface area contributed by atoms with Crippen molar-refractivity contribution >= 4 is 21.7 Å². The number of rotatable bonds is 4. The summed E-state index contributed by atoms with van der Waals surface area (Å²) in [5.41, 5.74) is 0.193. The number of carbonyl (C=O) groups is 1. The Labute approximate surface area is 109 Å². The molecule has 16 heavy (non-hydrogen) atoms. The first-order valence-electron chi connectivity index (χ1n) is 6.44. The summed E-state index contributed by atoms with van der Waals surface area (Å²) in [6.45, 7) is 11.5. The molecular weight excluding hydrogens is 264 g/mol. The standard InChI is InChI=1S/C14H25BrO/c1-9(2)11-6-7-12(13(16)8-15)14(11,5)10(3)4/h9-12H,6-8H2,1-5H3/t11?,12-,14+/m1/s1. The fraction of sp³-hybridized carbons (Fsp3) is 0.929. The highest BCUT2D eigenvalue weighted by Crippen LogP contribution is 2.55. The van der Waals surface area contributed by atoms with Crippen LogP contribution in [0.15, 0.2) is 0 Å². The van der Waals surface area contributed by atoms with Gasteiger partial charge in [-0.15, -0.1) is 0 Å². The lowest BCUT2D eigenvalue weighted by Crippen LogP contribution is -2.40. The molecule has 0 spiro atoms. The zero-order valence-corrected chi connectivity index (χ0v) is 12.8. The summed E-state index contributed by atoms with van der Waals surface area (Å²) in [6.07, 6.45) is 2.30. The van der Waals surface area contributed by atoms with E-state index in [9.17, 15) is 4.79 Å². The minimum Gasteiger partial charge on any atom is -0.298 e. The summed E-state index contributed by atoms with van der Waals surface area (Å²) in [5.74, 6) is 2.62. The molecule has 0 aromatic carbocycles. The highest BCUT2D eigenvalue weighted by molar-refractivity contribution is 9.09. The van der Waals surface area contributed by atoms with Gasteiger partial charge < -0.3 is 0 Å². The second-order valence-electron chi connectivity index (χ2n) is 6.10. The molecule has 0 amide bonds. The van der Waals surface area contributed by atoms with Crippen LogP contribution in [0.1, 0.15) is 47.5 Å². The quantitative estimate of drug-likeness (QED) is 0.705. The first-order chi connectivity index (χ1) is 7.35. The normalized spacial score (nSPS) is 35.0. The molecule has 2 heteroatoms. The van der Waals surface area contributed by atoms with Gasteiger partial charge >= 0.3 is 0 Å². The van der Waals surface area contributed by atoms with Crippen LogP contribution in [0.4, 0.5) is 0 Å². The maximum Gasteiger partial charge on any atom is 0.147 e. The van der Waals surface area contributed by atoms with Crippen molar-refractivity contribution < 1.29 is 4.79 Å². The van der Waals surface area contributed by atoms with E-state index in [1.165, 1.54) is 6.42 Å². The van der Waals surface area contributed by atoms with Crippen LogP contribution in [0.2, 0.25) is 0 Å². The molecule has 0 radical (unpaired) electrons. The zero-order chi connectivity index (χ0) is 12.5. The van der Waals surface area contributed by atoms with E-state index in [2.05, 4.69) is 50.5 Å². The maximum absolute atomic E-state index is 12.1. The molecule has 0 bridgehead atoms. The van der Waals surface area contributed by atoms with Crippen LogP contribution in [0.3, 0.4) is 0 Å². The van der Waals surface area contributed by atoms with Crippen molar-refractivity contribution in [3.05, 3.63) is 0 Å². The molecular formula is C14H25BrO. The van der Waals surface area contributed by atoms with E-state index in [0.29, 0.717) is 28.9 Å². The Hall–Kier alpha value is 0.150. The van der Waals surface area contributed by atoms with Gasteiger partial charge in [-0.2, -0.15) is 0 Å². The lowest BCUT2D eigenvalue weighted by atomic mass is 9.62. The Bertz CT molecular complexity index is 259. The van der Waals surface area contributed by atoms with E-state index >= 15 is 0 Å². The van der Waals surface area contributed by atoms with Crippen molar-refractivity contribution in [3.63, 3.8) is 0 Å². The van der Waals surface area contributed by atoms with E-state index in [4.69, 9.17) is 0 Å². The predicted octanol–water partition coefficient (Wildman–Crippen LogP) is 4.29. The molecule has 94 valence electrons. The SMILES string of the molecule is CC(C)C1CC[C@H](C(=O)CBr)[C@@]1(C)C(C)C. The second kappa shape index (κ2) is 5.20. The van der Waals surface area contributed by atoms with E-state index in [1.54, 1.807) is 0 Å². The molecule has 3 atom stereocenters. The minimum absolute atomic E-state index is 0.193. The third-order valence-electron chi connectivity index (χ3n) is 4.89. The van der Waals surface area contributed by atoms with Crippen LogP contribution in [-0.2, 0) is 4.79 Å². The topological polar surface area (TPSA) is 17.1 Å². The van der Waals surface area contributed by atoms with E-state index in [1.807, 2.05) is 0 Å². The Kier molecular flexibility index (Phi) is 4.62. The van der Waals surface area contributed by atoms with Crippen LogP contribution < -0.4 is 0 Å². The monoisotopic (exact) mass is 288 g/mol. The van der Waals surface area contributed by atoms with E-state index < -0.39 is 0 Å². The molecule has 1 aliphatic rings. The van der Waals surface area contributed by atoms with Crippen molar-refractivity contribution in [2.75, 3.05) is 5.33 Å². The van der Waals surface area contributed by atoms with Gasteiger partial charge in [0.25, 0.3) is 0 Å². The molecule has 0 heterocycles. The van der Waals surface area contributed by atoms with Gasteiger partial charge in [-0.3, -0.25) is 4.79 Å². The fourth-order valence-electron chi connectivity index (χ4n) is 3.71. The van der Waals surface area contributed by atoms with E-state index in [0.717, 1.165) is 6.42 Å². The smallest absolute Gasteiger partial charge is 0.147 e. The number of halogens is 1. The van der Waals surface area contributed by atoms with Crippen molar-refractivity contribution in [1.82, 2.24) is 0 Å². The van der Waals surface area contributed by atoms with Gasteiger partial charge in [0.1, 0.15) is 5.78 Å². The molecule has 0 aromatic heterocycles. The zero-order valence-electron chi connectivity index (χ0n) is 11.2. The van der Waals surface area contributed by atoms with Crippen molar-refractivity contribution in [2.45, 2.75) is 47.5 Å². The van der Waals surface area contributed by atoms with Gasteiger partial charge in [-0.1, -0.05) is 50.5 Å². The Morgan fingerprint density at radius 1 is 1.31 bits per heavy atom. The molecule has 1 rings (SSSR count). The van der Waals surface area contributed by atoms with Crippen molar-refractivity contribution in [3.8, 4) is 0 Å². The number of carbonyl (C=O) groups excluding carboxylic acids is 1. The van der Waals surface area contributed by atoms with Gasteiger partial charge in [0.2, 0.25) is 0 Å². The summed E-state index contributed by atoms with van der Waals surface area (Å²) < 4.78 is 0. The number of hydrogen-bond acceptors (Lipinski definition) is 1. The Morgan fingerprint density at radius 2 is 1.88 bits per heavy atom. The maximum atomic E-state index is 12.1. The van der Waals surface area contributed by atoms with Gasteiger partial charge in [0.05, 0.1) is 5.33 Å². The molecule has 0 aromatic rings. The summed E-state index contributed by atoms with van der Waals surface area (Å²) in [5, 5.41) is 0.519. The van der Waals surface area contributed by atoms with Crippen molar-refractivity contribution in [2.24, 2.45) is 29.1 Å². The lowest BCUT2D eigenvalue weighted by molar-refractivity contribution is -0.125. The van der Waals surface area contributed by atoms with Crippen LogP contribution in [0, 0.1) is 29.1 Å². The highest BCUT2D eigenvalue weighted by Gasteiger charge is 2.51. The second-order valence-corrected chi connectivity index (χ2v) is 6.66. The minimum atomic E-state index is 0.193. The molecule has 0 N–H and O–H groups in total. The van der Waals surface area contributed by atoms with Crippen LogP contribution in [0.25, 0.3) is 0 Å². The molecule has 1 fully saturated rings.